The molecular formula is C68H61ClN4O14Te2. The number of methoxy groups -OCH3 is 2. The monoisotopic (exact) mass is 1440 g/mol. The topological polar surface area (TPSA) is 238 Å². The van der Waals surface area contributed by atoms with Crippen LogP contribution in [0.2, 0.25) is 0 Å². The van der Waals surface area contributed by atoms with Crippen molar-refractivity contribution in [2.24, 2.45) is 0 Å². The van der Waals surface area contributed by atoms with E-state index in [1.807, 2.05) is 97.1 Å². The second kappa shape index (κ2) is 23.4. The summed E-state index contributed by atoms with van der Waals surface area (Å²) in [5, 5.41) is 24.7. The van der Waals surface area contributed by atoms with E-state index in [1.54, 1.807) is 31.3 Å². The van der Waals surface area contributed by atoms with Gasteiger partial charge in [-0.2, -0.15) is 0 Å². The summed E-state index contributed by atoms with van der Waals surface area (Å²) in [4.78, 5) is 54.1. The average molecular weight is 1440 g/mol. The van der Waals surface area contributed by atoms with Crippen molar-refractivity contribution in [2.75, 3.05) is 43.7 Å². The summed E-state index contributed by atoms with van der Waals surface area (Å²) in [6.07, 6.45) is 3.01. The van der Waals surface area contributed by atoms with E-state index in [4.69, 9.17) is 52.1 Å². The first-order chi connectivity index (χ1) is 43.0. The number of benzene rings is 6. The molecule has 0 amide bonds. The first kappa shape index (κ1) is 59.2. The van der Waals surface area contributed by atoms with E-state index >= 15 is 0 Å². The molecule has 4 aromatic heterocycles. The van der Waals surface area contributed by atoms with E-state index in [1.165, 1.54) is 3.61 Å². The number of nitrogens with zero attached hydrogens (tertiary/aromatic N) is 2. The first-order valence-corrected chi connectivity index (χ1v) is 40.8. The van der Waals surface area contributed by atoms with Crippen molar-refractivity contribution in [3.63, 3.8) is 0 Å². The van der Waals surface area contributed by atoms with Crippen LogP contribution in [0.3, 0.4) is 0 Å². The van der Waals surface area contributed by atoms with Crippen molar-refractivity contribution in [2.45, 2.75) is 75.1 Å². The zero-order valence-electron chi connectivity index (χ0n) is 48.5. The molecule has 0 bridgehead atoms. The number of aliphatic hydroxyl groups excluding tert-OH is 2. The van der Waals surface area contributed by atoms with Crippen molar-refractivity contribution in [3.8, 4) is 33.8 Å². The molecule has 456 valence electrons. The van der Waals surface area contributed by atoms with Gasteiger partial charge in [0.15, 0.2) is 6.79 Å². The summed E-state index contributed by atoms with van der Waals surface area (Å²) in [6.45, 7) is -0.00755. The van der Waals surface area contributed by atoms with Crippen molar-refractivity contribution >= 4 is 109 Å². The second-order valence-corrected chi connectivity index (χ2v) is 37.6. The number of nitrogens with one attached hydrogen (secondary N) is 1. The average Bonchev–Trinajstić information content (AvgIpc) is 0.734. The Balaban J connectivity index is 0.000000137. The maximum absolute atomic E-state index is 13.9. The number of rotatable bonds is 7. The third-order valence-corrected chi connectivity index (χ3v) is 26.0. The van der Waals surface area contributed by atoms with Crippen LogP contribution in [-0.4, -0.2) is 101 Å². The number of nitrogens with two attached hydrogens (primary N) is 1. The SMILES string of the molecule is C=[125Te](=C)(Cl)c1ccccc1.C=[125Te](CNn1ccc2cc3c(cc2c1=O)-c1cc2oc4c(c(=O)c2c2c1C(C3)OCO2)C(O)CCC4OC)c1ccccc1.COC1CCC(O)c2c1oc1cc3c4c(c1c2=O)OCOC4Cc1cc2ccn(N)c(=O)c2cc1-3. The summed E-state index contributed by atoms with van der Waals surface area (Å²) in [6, 6.07) is 35.3. The zero-order chi connectivity index (χ0) is 61.7. The number of aromatic nitrogens is 2. The van der Waals surface area contributed by atoms with Gasteiger partial charge >= 0.3 is 275 Å². The Morgan fingerprint density at radius 3 is 1.61 bits per heavy atom. The molecule has 18 nitrogen and oxygen atoms in total. The van der Waals surface area contributed by atoms with Gasteiger partial charge in [-0.15, -0.1) is 0 Å². The molecule has 0 saturated carbocycles. The van der Waals surface area contributed by atoms with Crippen molar-refractivity contribution < 1.29 is 47.5 Å². The maximum atomic E-state index is 13.9. The van der Waals surface area contributed by atoms with Crippen LogP contribution in [0.25, 0.3) is 65.7 Å². The van der Waals surface area contributed by atoms with Gasteiger partial charge in [-0.25, -0.2) is 4.68 Å². The summed E-state index contributed by atoms with van der Waals surface area (Å²) < 4.78 is 65.5. The molecule has 6 aliphatic rings. The van der Waals surface area contributed by atoms with E-state index in [0.717, 1.165) is 63.6 Å². The molecule has 6 aromatic carbocycles. The number of halogens is 1. The number of nitrogen functional groups attached to an aromatic ring is 1. The Kier molecular flexibility index (Phi) is 15.6. The molecule has 0 spiro atoms. The standard InChI is InChI=1S/C34H30N2O7Te.C26H22N2O7.C8H9ClTe/c1-40-25-9-8-24(37)29-31(38)30-27(43-32(25)29)15-23-21-14-22-18(12-19(21)13-26-28(23)33(30)42-17-41-26)10-11-36(34(22)39)35-16-44(2)20-6-4-3-5-7-20;1-32-17-3-2-16(29)21-23(30)22-19(35-24(17)21)9-15-13-8-14-11(4-5-28(27)26(14)31)6-12(13)7-18-20(15)25(22)34-10-33-18;1-10(2,9)8-6-4-3-5-7-8/h3-7,10-12,14-15,24-26,35,37H,2,8-9,13,16-17H2,1H3;4-6,8-9,16-18,29H,2-3,7,10,27H2,1H3;3-7H,1-2H2/i44-3;;10-3. The molecule has 89 heavy (non-hydrogen) atoms. The third-order valence-electron chi connectivity index (χ3n) is 17.6. The van der Waals surface area contributed by atoms with Gasteiger partial charge in [0.05, 0.1) is 29.4 Å². The predicted octanol–water partition coefficient (Wildman–Crippen LogP) is 7.82. The molecule has 6 unspecified atom stereocenters. The van der Waals surface area contributed by atoms with Crippen LogP contribution in [0.5, 0.6) is 11.5 Å². The molecular weight excluding hydrogens is 1380 g/mol. The largest absolute Gasteiger partial charge is 0.466 e. The van der Waals surface area contributed by atoms with E-state index < -0.39 is 59.6 Å². The van der Waals surface area contributed by atoms with E-state index in [0.29, 0.717) is 98.8 Å². The van der Waals surface area contributed by atoms with E-state index in [-0.39, 0.29) is 58.9 Å². The van der Waals surface area contributed by atoms with Crippen LogP contribution in [0.1, 0.15) is 107 Å². The smallest absolute Gasteiger partial charge is 0.276 e. The Labute approximate surface area is 521 Å². The second-order valence-electron chi connectivity index (χ2n) is 22.8. The molecule has 0 saturated heterocycles. The Bertz CT molecular complexity index is 4970. The van der Waals surface area contributed by atoms with Gasteiger partial charge < -0.3 is 39.4 Å². The van der Waals surface area contributed by atoms with Crippen LogP contribution in [0, 0.1) is 0 Å². The minimum atomic E-state index is -2.55. The number of ether oxygens (including phenoxy) is 6. The van der Waals surface area contributed by atoms with Crippen LogP contribution in [0.15, 0.2) is 150 Å². The van der Waals surface area contributed by atoms with E-state index in [9.17, 15) is 29.4 Å². The fourth-order valence-corrected chi connectivity index (χ4v) is 18.6. The first-order valence-electron chi connectivity index (χ1n) is 28.9. The summed E-state index contributed by atoms with van der Waals surface area (Å²) >= 11 is -4.43. The molecule has 6 atom stereocenters. The summed E-state index contributed by atoms with van der Waals surface area (Å²) in [7, 11) is 9.16. The number of hydrogen-bond donors (Lipinski definition) is 4. The van der Waals surface area contributed by atoms with Crippen molar-refractivity contribution in [1.29, 1.82) is 0 Å². The van der Waals surface area contributed by atoms with Gasteiger partial charge in [-0.3, -0.25) is 14.4 Å². The minimum absolute atomic E-state index is 0.00318. The van der Waals surface area contributed by atoms with Gasteiger partial charge in [-0.05, 0) is 66.0 Å². The maximum Gasteiger partial charge on any atom is 0.276 e. The Morgan fingerprint density at radius 2 is 1.12 bits per heavy atom. The summed E-state index contributed by atoms with van der Waals surface area (Å²) in [5.74, 6) is 7.34. The molecule has 16 rings (SSSR count). The normalized spacial score (nSPS) is 20.1. The van der Waals surface area contributed by atoms with Crippen molar-refractivity contribution in [1.82, 2.24) is 9.35 Å². The fourth-order valence-electron chi connectivity index (χ4n) is 13.2. The third kappa shape index (κ3) is 10.3. The molecule has 21 heteroatoms. The Morgan fingerprint density at radius 1 is 0.640 bits per heavy atom. The molecule has 4 aliphatic carbocycles. The number of aliphatic hydroxyl groups is 2. The van der Waals surface area contributed by atoms with Crippen LogP contribution < -0.4 is 49.9 Å². The molecule has 0 radical (unpaired) electrons. The quantitative estimate of drug-likeness (QED) is 0.0879. The number of pyridine rings is 2. The van der Waals surface area contributed by atoms with Crippen molar-refractivity contribution in [3.05, 3.63) is 208 Å². The Hall–Kier alpha value is -7.40. The van der Waals surface area contributed by atoms with Gasteiger partial charge in [0.2, 0.25) is 5.43 Å². The molecule has 0 fully saturated rings. The van der Waals surface area contributed by atoms with Gasteiger partial charge in [0.1, 0.15) is 34.7 Å². The molecule has 5 N–H and O–H groups in total. The summed E-state index contributed by atoms with van der Waals surface area (Å²) in [5.41, 5.74) is 10.2. The van der Waals surface area contributed by atoms with Crippen LogP contribution in [-0.2, 0) is 31.8 Å². The zero-order valence-corrected chi connectivity index (χ0v) is 53.9. The minimum Gasteiger partial charge on any atom is -0.466 e. The predicted molar refractivity (Wildman–Crippen MR) is 349 cm³/mol. The van der Waals surface area contributed by atoms with Gasteiger partial charge in [0.25, 0.3) is 5.56 Å². The number of hydrogen-bond acceptors (Lipinski definition) is 16. The fraction of sp³-hybridized carbons (Fsp3) is 0.250. The molecule has 10 aromatic rings. The van der Waals surface area contributed by atoms with Gasteiger partial charge in [0, 0.05) is 37.8 Å². The van der Waals surface area contributed by atoms with Gasteiger partial charge in [-0.1, -0.05) is 6.07 Å². The van der Waals surface area contributed by atoms with Crippen LogP contribution >= 0.6 is 8.96 Å². The number of fused-ring (bicyclic) bond motifs is 12. The van der Waals surface area contributed by atoms with Crippen LogP contribution in [0.4, 0.5) is 0 Å². The van der Waals surface area contributed by atoms with E-state index in [2.05, 4.69) is 31.2 Å². The molecule has 6 heterocycles. The molecule has 2 aliphatic heterocycles.